The molecule has 0 saturated heterocycles. The van der Waals surface area contributed by atoms with E-state index in [-0.39, 0.29) is 17.1 Å². The molecule has 0 spiro atoms. The zero-order chi connectivity index (χ0) is 20.7. The van der Waals surface area contributed by atoms with E-state index in [9.17, 15) is 27.5 Å². The van der Waals surface area contributed by atoms with Crippen molar-refractivity contribution in [2.75, 3.05) is 5.75 Å². The second-order valence-electron chi connectivity index (χ2n) is 6.01. The molecular formula is C18H20F4N2O2S. The van der Waals surface area contributed by atoms with Gasteiger partial charge in [0.2, 0.25) is 0 Å². The van der Waals surface area contributed by atoms with Gasteiger partial charge in [0.1, 0.15) is 11.4 Å². The third kappa shape index (κ3) is 7.23. The number of alkyl halides is 3. The first-order valence-corrected chi connectivity index (χ1v) is 9.05. The Morgan fingerprint density at radius 3 is 2.56 bits per heavy atom. The average Bonchev–Trinajstić information content (AvgIpc) is 2.58. The lowest BCUT2D eigenvalue weighted by atomic mass is 10.0. The van der Waals surface area contributed by atoms with Crippen molar-refractivity contribution in [1.82, 2.24) is 5.32 Å². The maximum absolute atomic E-state index is 13.6. The topological polar surface area (TPSA) is 73.1 Å². The molecule has 0 radical (unpaired) electrons. The number of nitrogens with zero attached hydrogens (tertiary/aromatic N) is 1. The van der Waals surface area contributed by atoms with E-state index in [2.05, 4.69) is 5.32 Å². The first-order chi connectivity index (χ1) is 12.5. The number of carbonyl (C=O) groups is 1. The summed E-state index contributed by atoms with van der Waals surface area (Å²) in [5.74, 6) is -1.57. The minimum atomic E-state index is -4.68. The highest BCUT2D eigenvalue weighted by Gasteiger charge is 2.35. The molecule has 0 heterocycles. The Kier molecular flexibility index (Phi) is 8.31. The van der Waals surface area contributed by atoms with Crippen LogP contribution in [0.15, 0.2) is 40.8 Å². The summed E-state index contributed by atoms with van der Waals surface area (Å²) in [6, 6.07) is 6.27. The number of nitrogens with one attached hydrogen (secondary N) is 1. The average molecular weight is 404 g/mol. The Labute approximate surface area is 159 Å². The van der Waals surface area contributed by atoms with E-state index in [1.807, 2.05) is 0 Å². The number of thioether (sulfide) groups is 1. The highest BCUT2D eigenvalue weighted by atomic mass is 32.2. The third-order valence-electron chi connectivity index (χ3n) is 3.63. The quantitative estimate of drug-likeness (QED) is 0.391. The molecule has 0 fully saturated rings. The van der Waals surface area contributed by atoms with Crippen LogP contribution in [-0.4, -0.2) is 34.6 Å². The van der Waals surface area contributed by atoms with Gasteiger partial charge in [0.25, 0.3) is 5.91 Å². The summed E-state index contributed by atoms with van der Waals surface area (Å²) in [6.45, 7) is 2.76. The summed E-state index contributed by atoms with van der Waals surface area (Å²) in [6.07, 6.45) is -4.61. The first kappa shape index (κ1) is 23.0. The number of carbonyl (C=O) groups excluding carboxylic acids is 1. The standard InChI is InChI=1S/C18H20F4N2O2S/c1-3-13(10-12(8-9-23)18(20,21)22)24-16(25)17(2,26)11-27-15-7-5-4-6-14(15)19/h4-7,10,13,26H,3,8,11H2,1-2H3,(H,24,25). The molecule has 9 heteroatoms. The minimum absolute atomic E-state index is 0.132. The summed E-state index contributed by atoms with van der Waals surface area (Å²) < 4.78 is 52.3. The third-order valence-corrected chi connectivity index (χ3v) is 4.98. The summed E-state index contributed by atoms with van der Waals surface area (Å²) in [7, 11) is 0. The van der Waals surface area contributed by atoms with Crippen molar-refractivity contribution < 1.29 is 27.5 Å². The molecule has 0 aliphatic rings. The number of benzene rings is 1. The van der Waals surface area contributed by atoms with E-state index in [1.165, 1.54) is 31.2 Å². The Balaban J connectivity index is 2.83. The van der Waals surface area contributed by atoms with Crippen molar-refractivity contribution >= 4 is 17.7 Å². The number of halogens is 4. The number of hydrogen-bond acceptors (Lipinski definition) is 4. The highest BCUT2D eigenvalue weighted by Crippen LogP contribution is 2.29. The van der Waals surface area contributed by atoms with Crippen molar-refractivity contribution in [3.8, 4) is 6.07 Å². The Morgan fingerprint density at radius 2 is 2.04 bits per heavy atom. The SMILES string of the molecule is CCC(C=C(CC#N)C(F)(F)F)NC(=O)C(C)(O)CSc1ccccc1F. The molecule has 0 aliphatic heterocycles. The monoisotopic (exact) mass is 404 g/mol. The minimum Gasteiger partial charge on any atom is -0.379 e. The number of aliphatic hydroxyl groups is 1. The molecule has 148 valence electrons. The lowest BCUT2D eigenvalue weighted by Crippen LogP contribution is -2.49. The van der Waals surface area contributed by atoms with Gasteiger partial charge in [-0.15, -0.1) is 11.8 Å². The zero-order valence-electron chi connectivity index (χ0n) is 14.8. The molecule has 0 aliphatic carbocycles. The normalized spacial score (nSPS) is 15.6. The highest BCUT2D eigenvalue weighted by molar-refractivity contribution is 7.99. The fourth-order valence-corrected chi connectivity index (χ4v) is 2.96. The van der Waals surface area contributed by atoms with Gasteiger partial charge in [0.05, 0.1) is 12.5 Å². The van der Waals surface area contributed by atoms with Gasteiger partial charge in [-0.2, -0.15) is 18.4 Å². The van der Waals surface area contributed by atoms with Gasteiger partial charge < -0.3 is 10.4 Å². The Hall–Kier alpha value is -2.05. The van der Waals surface area contributed by atoms with Crippen LogP contribution in [0.2, 0.25) is 0 Å². The van der Waals surface area contributed by atoms with Crippen LogP contribution in [0.3, 0.4) is 0 Å². The van der Waals surface area contributed by atoms with E-state index in [0.717, 1.165) is 17.8 Å². The van der Waals surface area contributed by atoms with Crippen LogP contribution < -0.4 is 5.32 Å². The lowest BCUT2D eigenvalue weighted by Gasteiger charge is -2.25. The molecule has 4 nitrogen and oxygen atoms in total. The molecule has 1 rings (SSSR count). The van der Waals surface area contributed by atoms with Crippen molar-refractivity contribution in [1.29, 1.82) is 5.26 Å². The van der Waals surface area contributed by atoms with Crippen molar-refractivity contribution in [2.45, 2.75) is 49.4 Å². The van der Waals surface area contributed by atoms with Gasteiger partial charge in [-0.1, -0.05) is 25.1 Å². The molecule has 0 aromatic heterocycles. The molecule has 1 aromatic carbocycles. The molecule has 1 aromatic rings. The molecular weight excluding hydrogens is 384 g/mol. The van der Waals surface area contributed by atoms with Crippen LogP contribution in [0, 0.1) is 17.1 Å². The lowest BCUT2D eigenvalue weighted by molar-refractivity contribution is -0.136. The second-order valence-corrected chi connectivity index (χ2v) is 7.02. The molecule has 2 N–H and O–H groups in total. The van der Waals surface area contributed by atoms with Crippen LogP contribution in [0.25, 0.3) is 0 Å². The van der Waals surface area contributed by atoms with E-state index < -0.39 is 41.5 Å². The number of amides is 1. The van der Waals surface area contributed by atoms with Gasteiger partial charge in [0.15, 0.2) is 0 Å². The molecule has 1 amide bonds. The van der Waals surface area contributed by atoms with Crippen LogP contribution in [0.5, 0.6) is 0 Å². The number of nitriles is 1. The maximum Gasteiger partial charge on any atom is 0.413 e. The van der Waals surface area contributed by atoms with Gasteiger partial charge in [-0.3, -0.25) is 4.79 Å². The molecule has 0 bridgehead atoms. The van der Waals surface area contributed by atoms with E-state index in [4.69, 9.17) is 5.26 Å². The number of allylic oxidation sites excluding steroid dienone is 1. The largest absolute Gasteiger partial charge is 0.413 e. The summed E-state index contributed by atoms with van der Waals surface area (Å²) in [4.78, 5) is 12.5. The zero-order valence-corrected chi connectivity index (χ0v) is 15.6. The fourth-order valence-electron chi connectivity index (χ4n) is 2.01. The number of hydrogen-bond donors (Lipinski definition) is 2. The smallest absolute Gasteiger partial charge is 0.379 e. The Bertz CT molecular complexity index is 727. The molecule has 0 saturated carbocycles. The first-order valence-electron chi connectivity index (χ1n) is 8.06. The van der Waals surface area contributed by atoms with E-state index >= 15 is 0 Å². The van der Waals surface area contributed by atoms with Crippen LogP contribution in [0.4, 0.5) is 17.6 Å². The fraction of sp³-hybridized carbons (Fsp3) is 0.444. The van der Waals surface area contributed by atoms with E-state index in [1.54, 1.807) is 13.0 Å². The predicted octanol–water partition coefficient (Wildman–Crippen LogP) is 3.97. The van der Waals surface area contributed by atoms with Crippen molar-refractivity contribution in [2.24, 2.45) is 0 Å². The predicted molar refractivity (Wildman–Crippen MR) is 94.3 cm³/mol. The number of rotatable bonds is 8. The maximum atomic E-state index is 13.6. The Morgan fingerprint density at radius 1 is 1.41 bits per heavy atom. The van der Waals surface area contributed by atoms with Crippen molar-refractivity contribution in [3.05, 3.63) is 41.7 Å². The van der Waals surface area contributed by atoms with Gasteiger partial charge in [-0.05, 0) is 25.5 Å². The van der Waals surface area contributed by atoms with E-state index in [0.29, 0.717) is 0 Å². The second kappa shape index (κ2) is 9.76. The van der Waals surface area contributed by atoms with Gasteiger partial charge in [0, 0.05) is 22.3 Å². The summed E-state index contributed by atoms with van der Waals surface area (Å²) in [5, 5.41) is 21.2. The summed E-state index contributed by atoms with van der Waals surface area (Å²) in [5.41, 5.74) is -2.99. The van der Waals surface area contributed by atoms with Gasteiger partial charge in [-0.25, -0.2) is 4.39 Å². The van der Waals surface area contributed by atoms with Crippen LogP contribution >= 0.6 is 11.8 Å². The molecule has 2 unspecified atom stereocenters. The summed E-state index contributed by atoms with van der Waals surface area (Å²) >= 11 is 0.919. The van der Waals surface area contributed by atoms with Crippen LogP contribution in [-0.2, 0) is 4.79 Å². The van der Waals surface area contributed by atoms with Crippen LogP contribution in [0.1, 0.15) is 26.7 Å². The van der Waals surface area contributed by atoms with Crippen molar-refractivity contribution in [3.63, 3.8) is 0 Å². The molecule has 27 heavy (non-hydrogen) atoms. The molecule has 2 atom stereocenters. The van der Waals surface area contributed by atoms with Gasteiger partial charge >= 0.3 is 6.18 Å².